The first kappa shape index (κ1) is 40.5. The van der Waals surface area contributed by atoms with Crippen molar-refractivity contribution in [2.24, 2.45) is 0 Å². The maximum absolute atomic E-state index is 2.55. The highest BCUT2D eigenvalue weighted by Gasteiger charge is 2.27. The van der Waals surface area contributed by atoms with E-state index in [0.29, 0.717) is 0 Å². The molecule has 0 saturated carbocycles. The summed E-state index contributed by atoms with van der Waals surface area (Å²) in [4.78, 5) is 5.08. The van der Waals surface area contributed by atoms with Crippen LogP contribution in [0.15, 0.2) is 255 Å². The molecule has 0 amide bonds. The minimum atomic E-state index is 1.10. The Labute approximate surface area is 413 Å². The number of anilines is 6. The largest absolute Gasteiger partial charge is 0.308 e. The van der Waals surface area contributed by atoms with Crippen LogP contribution in [0.2, 0.25) is 0 Å². The van der Waals surface area contributed by atoms with Gasteiger partial charge in [0.05, 0.1) is 37.8 Å². The molecule has 2 aromatic heterocycles. The smallest absolute Gasteiger partial charge is 0.0640 e. The molecule has 0 atom stereocenters. The van der Waals surface area contributed by atoms with Crippen LogP contribution in [0, 0.1) is 0 Å². The lowest BCUT2D eigenvalue weighted by molar-refractivity contribution is 1.31. The van der Waals surface area contributed by atoms with E-state index in [0.717, 1.165) is 50.8 Å². The Kier molecular flexibility index (Phi) is 9.61. The second-order valence-corrected chi connectivity index (χ2v) is 20.1. The summed E-state index contributed by atoms with van der Waals surface area (Å²) in [5, 5.41) is 12.2. The second kappa shape index (κ2) is 16.6. The van der Waals surface area contributed by atoms with Gasteiger partial charge in [0.25, 0.3) is 0 Å². The fraction of sp³-hybridized carbons (Fsp3) is 0. The maximum Gasteiger partial charge on any atom is 0.0640 e. The van der Waals surface area contributed by atoms with Crippen molar-refractivity contribution in [3.05, 3.63) is 255 Å². The molecule has 0 aliphatic heterocycles. The van der Waals surface area contributed by atoms with Gasteiger partial charge in [-0.25, -0.2) is 0 Å². The van der Waals surface area contributed by atoms with E-state index in [-0.39, 0.29) is 0 Å². The van der Waals surface area contributed by atoms with Crippen LogP contribution >= 0.6 is 22.7 Å². The molecule has 0 aliphatic carbocycles. The number of benzene rings is 12. The molecule has 0 aliphatic rings. The van der Waals surface area contributed by atoms with Gasteiger partial charge in [-0.1, -0.05) is 194 Å². The number of thiophene rings is 2. The fourth-order valence-electron chi connectivity index (χ4n) is 10.8. The highest BCUT2D eigenvalue weighted by Crippen LogP contribution is 2.53. The van der Waals surface area contributed by atoms with Crippen molar-refractivity contribution in [3.63, 3.8) is 0 Å². The summed E-state index contributed by atoms with van der Waals surface area (Å²) in [6.45, 7) is 0. The molecule has 0 unspecified atom stereocenters. The van der Waals surface area contributed by atoms with Gasteiger partial charge in [0.15, 0.2) is 0 Å². The SMILES string of the molecule is c1ccc(-c2cc3ccc(N(c4cccc5ccccc45)c4cccc5c4sc4ccccc45)c(-c4ccccc4)c3cc2N(c2ccc3ccccc3c2)c2cccc3c2sc2ccccc23)cc1. The van der Waals surface area contributed by atoms with Crippen molar-refractivity contribution in [2.45, 2.75) is 0 Å². The minimum Gasteiger partial charge on any atom is -0.308 e. The van der Waals surface area contributed by atoms with E-state index in [9.17, 15) is 0 Å². The lowest BCUT2D eigenvalue weighted by Gasteiger charge is -2.32. The summed E-state index contributed by atoms with van der Waals surface area (Å²) in [7, 11) is 0. The van der Waals surface area contributed by atoms with Crippen LogP contribution in [0.1, 0.15) is 0 Å². The first-order valence-corrected chi connectivity index (χ1v) is 25.5. The molecular formula is C66H42N2S2. The lowest BCUT2D eigenvalue weighted by Crippen LogP contribution is -2.13. The molecule has 4 heteroatoms. The Hall–Kier alpha value is -8.54. The third-order valence-corrected chi connectivity index (χ3v) is 16.4. The minimum absolute atomic E-state index is 1.10. The number of hydrogen-bond donors (Lipinski definition) is 0. The Balaban J connectivity index is 1.12. The zero-order valence-electron chi connectivity index (χ0n) is 38.0. The Morgan fingerprint density at radius 1 is 0.257 bits per heavy atom. The van der Waals surface area contributed by atoms with Gasteiger partial charge in [0.2, 0.25) is 0 Å². The van der Waals surface area contributed by atoms with Crippen LogP contribution in [0.4, 0.5) is 34.1 Å². The Morgan fingerprint density at radius 2 is 0.771 bits per heavy atom. The average Bonchev–Trinajstić information content (AvgIpc) is 4.01. The summed E-state index contributed by atoms with van der Waals surface area (Å²) in [6.07, 6.45) is 0. The third kappa shape index (κ3) is 6.60. The highest BCUT2D eigenvalue weighted by molar-refractivity contribution is 7.26. The van der Waals surface area contributed by atoms with E-state index in [4.69, 9.17) is 0 Å². The van der Waals surface area contributed by atoms with E-state index in [1.54, 1.807) is 0 Å². The van der Waals surface area contributed by atoms with Crippen LogP contribution in [-0.4, -0.2) is 0 Å². The zero-order chi connectivity index (χ0) is 46.1. The second-order valence-electron chi connectivity index (χ2n) is 18.0. The van der Waals surface area contributed by atoms with Crippen molar-refractivity contribution < 1.29 is 0 Å². The van der Waals surface area contributed by atoms with Gasteiger partial charge in [-0.3, -0.25) is 0 Å². The van der Waals surface area contributed by atoms with Crippen LogP contribution in [0.25, 0.3) is 94.9 Å². The molecule has 14 aromatic rings. The molecule has 0 bridgehead atoms. The zero-order valence-corrected chi connectivity index (χ0v) is 39.6. The van der Waals surface area contributed by atoms with E-state index >= 15 is 0 Å². The number of nitrogens with zero attached hydrogens (tertiary/aromatic N) is 2. The lowest BCUT2D eigenvalue weighted by atomic mass is 9.91. The van der Waals surface area contributed by atoms with Gasteiger partial charge in [0, 0.05) is 53.1 Å². The molecule has 0 radical (unpaired) electrons. The Bertz CT molecular complexity index is 4320. The van der Waals surface area contributed by atoms with Gasteiger partial charge < -0.3 is 9.80 Å². The van der Waals surface area contributed by atoms with Crippen molar-refractivity contribution in [1.29, 1.82) is 0 Å². The normalized spacial score (nSPS) is 11.7. The molecule has 2 nitrogen and oxygen atoms in total. The monoisotopic (exact) mass is 926 g/mol. The third-order valence-electron chi connectivity index (χ3n) is 14.0. The first-order chi connectivity index (χ1) is 34.7. The molecule has 0 saturated heterocycles. The van der Waals surface area contributed by atoms with Gasteiger partial charge in [-0.15, -0.1) is 22.7 Å². The molecule has 328 valence electrons. The van der Waals surface area contributed by atoms with Crippen molar-refractivity contribution in [3.8, 4) is 22.3 Å². The summed E-state index contributed by atoms with van der Waals surface area (Å²) < 4.78 is 5.08. The van der Waals surface area contributed by atoms with Crippen molar-refractivity contribution in [2.75, 3.05) is 9.80 Å². The quantitative estimate of drug-likeness (QED) is 0.150. The number of hydrogen-bond acceptors (Lipinski definition) is 4. The van der Waals surface area contributed by atoms with Gasteiger partial charge >= 0.3 is 0 Å². The standard InChI is InChI=1S/C66H42N2S2/c1-3-19-45(20-4-1)55-41-48-37-39-58(68(57-31-15-25-44-21-9-10-26-50(44)57)60-33-17-30-54-52-28-12-14-35-63(52)70-66(54)60)64(46-22-5-2-6-23-46)56(48)42-61(55)67(49-38-36-43-18-7-8-24-47(43)40-49)59-32-16-29-53-51-27-11-13-34-62(51)69-65(53)59/h1-42H. The van der Waals surface area contributed by atoms with Crippen LogP contribution in [0.5, 0.6) is 0 Å². The number of rotatable bonds is 8. The molecule has 12 aromatic carbocycles. The topological polar surface area (TPSA) is 6.48 Å². The summed E-state index contributed by atoms with van der Waals surface area (Å²) in [6, 6.07) is 94.1. The van der Waals surface area contributed by atoms with Gasteiger partial charge in [0.1, 0.15) is 0 Å². The molecule has 70 heavy (non-hydrogen) atoms. The van der Waals surface area contributed by atoms with E-state index in [1.807, 2.05) is 22.7 Å². The van der Waals surface area contributed by atoms with E-state index in [2.05, 4.69) is 265 Å². The number of fused-ring (bicyclic) bond motifs is 9. The predicted molar refractivity (Wildman–Crippen MR) is 305 cm³/mol. The van der Waals surface area contributed by atoms with Crippen molar-refractivity contribution >= 4 is 129 Å². The molecule has 2 heterocycles. The summed E-state index contributed by atoms with van der Waals surface area (Å²) in [5.41, 5.74) is 11.4. The van der Waals surface area contributed by atoms with E-state index < -0.39 is 0 Å². The predicted octanol–water partition coefficient (Wildman–Crippen LogP) is 20.2. The fourth-order valence-corrected chi connectivity index (χ4v) is 13.2. The van der Waals surface area contributed by atoms with Crippen LogP contribution in [-0.2, 0) is 0 Å². The highest BCUT2D eigenvalue weighted by atomic mass is 32.1. The first-order valence-electron chi connectivity index (χ1n) is 23.8. The summed E-state index contributed by atoms with van der Waals surface area (Å²) in [5.74, 6) is 0. The van der Waals surface area contributed by atoms with Crippen LogP contribution in [0.3, 0.4) is 0 Å². The van der Waals surface area contributed by atoms with Crippen LogP contribution < -0.4 is 9.80 Å². The van der Waals surface area contributed by atoms with Crippen molar-refractivity contribution in [1.82, 2.24) is 0 Å². The molecular weight excluding hydrogens is 885 g/mol. The molecule has 0 fully saturated rings. The Morgan fingerprint density at radius 3 is 1.47 bits per heavy atom. The molecule has 0 spiro atoms. The van der Waals surface area contributed by atoms with E-state index in [1.165, 1.54) is 78.2 Å². The average molecular weight is 927 g/mol. The molecule has 0 N–H and O–H groups in total. The van der Waals surface area contributed by atoms with Gasteiger partial charge in [-0.05, 0) is 98.7 Å². The summed E-state index contributed by atoms with van der Waals surface area (Å²) >= 11 is 3.75. The maximum atomic E-state index is 2.55. The molecule has 14 rings (SSSR count). The van der Waals surface area contributed by atoms with Gasteiger partial charge in [-0.2, -0.15) is 0 Å².